The summed E-state index contributed by atoms with van der Waals surface area (Å²) in [4.78, 5) is 9.16. The fraction of sp³-hybridized carbons (Fsp3) is 0.389. The molecule has 3 rings (SSSR count). The topological polar surface area (TPSA) is 45.4 Å². The predicted molar refractivity (Wildman–Crippen MR) is 93.0 cm³/mol. The molecule has 0 bridgehead atoms. The Labute approximate surface area is 132 Å². The van der Waals surface area contributed by atoms with Crippen molar-refractivity contribution in [2.75, 3.05) is 36.8 Å². The fourth-order valence-electron chi connectivity index (χ4n) is 3.01. The molecule has 116 valence electrons. The molecule has 0 aliphatic carbocycles. The van der Waals surface area contributed by atoms with E-state index < -0.39 is 0 Å². The van der Waals surface area contributed by atoms with E-state index in [1.807, 2.05) is 18.3 Å². The first kappa shape index (κ1) is 14.9. The standard InChI is InChI=1S/C18H24N4/c1-14(2)21-8-10-22(11-9-21)16-5-6-18(19)17(12-16)15-4-3-7-20-13-15/h3-7,12-14H,8-11,19H2,1-2H3. The second kappa shape index (κ2) is 6.36. The van der Waals surface area contributed by atoms with Crippen molar-refractivity contribution in [3.05, 3.63) is 42.7 Å². The number of benzene rings is 1. The van der Waals surface area contributed by atoms with Gasteiger partial charge in [-0.1, -0.05) is 6.07 Å². The molecular weight excluding hydrogens is 272 g/mol. The quantitative estimate of drug-likeness (QED) is 0.885. The summed E-state index contributed by atoms with van der Waals surface area (Å²) >= 11 is 0. The molecule has 2 heterocycles. The minimum atomic E-state index is 0.625. The molecule has 1 saturated heterocycles. The lowest BCUT2D eigenvalue weighted by molar-refractivity contribution is 0.209. The molecule has 1 fully saturated rings. The maximum atomic E-state index is 6.16. The number of pyridine rings is 1. The zero-order valence-electron chi connectivity index (χ0n) is 13.4. The highest BCUT2D eigenvalue weighted by atomic mass is 15.3. The van der Waals surface area contributed by atoms with Crippen molar-refractivity contribution in [2.45, 2.75) is 19.9 Å². The van der Waals surface area contributed by atoms with Crippen LogP contribution in [0.4, 0.5) is 11.4 Å². The molecule has 2 N–H and O–H groups in total. The van der Waals surface area contributed by atoms with Gasteiger partial charge in [0.2, 0.25) is 0 Å². The Morgan fingerprint density at radius 3 is 2.50 bits per heavy atom. The highest BCUT2D eigenvalue weighted by molar-refractivity contribution is 5.79. The van der Waals surface area contributed by atoms with E-state index in [9.17, 15) is 0 Å². The van der Waals surface area contributed by atoms with Crippen molar-refractivity contribution >= 4 is 11.4 Å². The maximum Gasteiger partial charge on any atom is 0.0395 e. The monoisotopic (exact) mass is 296 g/mol. The molecule has 1 aromatic heterocycles. The van der Waals surface area contributed by atoms with Gasteiger partial charge in [0.25, 0.3) is 0 Å². The Balaban J connectivity index is 1.82. The van der Waals surface area contributed by atoms with Gasteiger partial charge in [0.1, 0.15) is 0 Å². The summed E-state index contributed by atoms with van der Waals surface area (Å²) in [7, 11) is 0. The molecule has 0 spiro atoms. The SMILES string of the molecule is CC(C)N1CCN(c2ccc(N)c(-c3cccnc3)c2)CC1. The van der Waals surface area contributed by atoms with Crippen LogP contribution in [0.2, 0.25) is 0 Å². The van der Waals surface area contributed by atoms with Gasteiger partial charge in [0.05, 0.1) is 0 Å². The maximum absolute atomic E-state index is 6.16. The van der Waals surface area contributed by atoms with Crippen molar-refractivity contribution in [3.63, 3.8) is 0 Å². The van der Waals surface area contributed by atoms with Crippen molar-refractivity contribution in [1.29, 1.82) is 0 Å². The molecule has 1 aliphatic heterocycles. The third-order valence-corrected chi connectivity index (χ3v) is 4.42. The van der Waals surface area contributed by atoms with Gasteiger partial charge in [0.15, 0.2) is 0 Å². The summed E-state index contributed by atoms with van der Waals surface area (Å²) in [5.41, 5.74) is 10.3. The Morgan fingerprint density at radius 2 is 1.86 bits per heavy atom. The first-order valence-corrected chi connectivity index (χ1v) is 7.94. The summed E-state index contributed by atoms with van der Waals surface area (Å²) in [5.74, 6) is 0. The van der Waals surface area contributed by atoms with Crippen LogP contribution in [0.3, 0.4) is 0 Å². The number of nitrogens with zero attached hydrogens (tertiary/aromatic N) is 3. The summed E-state index contributed by atoms with van der Waals surface area (Å²) in [6, 6.07) is 11.0. The Kier molecular flexibility index (Phi) is 4.29. The molecule has 0 saturated carbocycles. The van der Waals surface area contributed by atoms with Gasteiger partial charge in [-0.2, -0.15) is 0 Å². The minimum absolute atomic E-state index is 0.625. The third-order valence-electron chi connectivity index (χ3n) is 4.42. The van der Waals surface area contributed by atoms with Gasteiger partial charge in [-0.3, -0.25) is 9.88 Å². The predicted octanol–water partition coefficient (Wildman–Crippen LogP) is 2.86. The molecular formula is C18H24N4. The number of nitrogen functional groups attached to an aromatic ring is 1. The van der Waals surface area contributed by atoms with Gasteiger partial charge in [-0.15, -0.1) is 0 Å². The van der Waals surface area contributed by atoms with E-state index in [2.05, 4.69) is 46.8 Å². The first-order valence-electron chi connectivity index (χ1n) is 7.94. The lowest BCUT2D eigenvalue weighted by Gasteiger charge is -2.38. The number of hydrogen-bond donors (Lipinski definition) is 1. The summed E-state index contributed by atoms with van der Waals surface area (Å²) < 4.78 is 0. The Bertz CT molecular complexity index is 616. The first-order chi connectivity index (χ1) is 10.6. The van der Waals surface area contributed by atoms with E-state index in [1.54, 1.807) is 6.20 Å². The van der Waals surface area contributed by atoms with Gasteiger partial charge in [0, 0.05) is 67.1 Å². The van der Waals surface area contributed by atoms with Crippen molar-refractivity contribution in [3.8, 4) is 11.1 Å². The van der Waals surface area contributed by atoms with Gasteiger partial charge in [-0.25, -0.2) is 0 Å². The highest BCUT2D eigenvalue weighted by Crippen LogP contribution is 2.30. The van der Waals surface area contributed by atoms with Crippen LogP contribution in [0, 0.1) is 0 Å². The van der Waals surface area contributed by atoms with Crippen LogP contribution in [-0.4, -0.2) is 42.1 Å². The summed E-state index contributed by atoms with van der Waals surface area (Å²) in [5, 5.41) is 0. The second-order valence-corrected chi connectivity index (χ2v) is 6.13. The second-order valence-electron chi connectivity index (χ2n) is 6.13. The minimum Gasteiger partial charge on any atom is -0.398 e. The molecule has 4 heteroatoms. The number of anilines is 2. The van der Waals surface area contributed by atoms with Crippen LogP contribution in [0.5, 0.6) is 0 Å². The third kappa shape index (κ3) is 3.07. The van der Waals surface area contributed by atoms with Crippen LogP contribution in [0.1, 0.15) is 13.8 Å². The largest absolute Gasteiger partial charge is 0.398 e. The van der Waals surface area contributed by atoms with Crippen molar-refractivity contribution < 1.29 is 0 Å². The van der Waals surface area contributed by atoms with Crippen molar-refractivity contribution in [1.82, 2.24) is 9.88 Å². The van der Waals surface area contributed by atoms with Crippen LogP contribution in [-0.2, 0) is 0 Å². The molecule has 4 nitrogen and oxygen atoms in total. The average molecular weight is 296 g/mol. The van der Waals surface area contributed by atoms with E-state index in [4.69, 9.17) is 5.73 Å². The summed E-state index contributed by atoms with van der Waals surface area (Å²) in [6.45, 7) is 8.89. The van der Waals surface area contributed by atoms with Crippen LogP contribution in [0.25, 0.3) is 11.1 Å². The Hall–Kier alpha value is -2.07. The molecule has 1 aromatic carbocycles. The van der Waals surface area contributed by atoms with Crippen LogP contribution < -0.4 is 10.6 Å². The van der Waals surface area contributed by atoms with Gasteiger partial charge in [-0.05, 0) is 38.1 Å². The smallest absolute Gasteiger partial charge is 0.0395 e. The fourth-order valence-corrected chi connectivity index (χ4v) is 3.01. The highest BCUT2D eigenvalue weighted by Gasteiger charge is 2.19. The lowest BCUT2D eigenvalue weighted by Crippen LogP contribution is -2.48. The van der Waals surface area contributed by atoms with E-state index in [0.29, 0.717) is 6.04 Å². The van der Waals surface area contributed by atoms with Gasteiger partial charge < -0.3 is 10.6 Å². The van der Waals surface area contributed by atoms with E-state index in [1.165, 1.54) is 5.69 Å². The summed E-state index contributed by atoms with van der Waals surface area (Å²) in [6.07, 6.45) is 3.65. The van der Waals surface area contributed by atoms with E-state index in [0.717, 1.165) is 43.0 Å². The normalized spacial score (nSPS) is 16.2. The number of hydrogen-bond acceptors (Lipinski definition) is 4. The van der Waals surface area contributed by atoms with Crippen molar-refractivity contribution in [2.24, 2.45) is 0 Å². The molecule has 2 aromatic rings. The average Bonchev–Trinajstić information content (AvgIpc) is 2.56. The van der Waals surface area contributed by atoms with E-state index >= 15 is 0 Å². The molecule has 22 heavy (non-hydrogen) atoms. The van der Waals surface area contributed by atoms with Gasteiger partial charge >= 0.3 is 0 Å². The van der Waals surface area contributed by atoms with E-state index in [-0.39, 0.29) is 0 Å². The Morgan fingerprint density at radius 1 is 1.09 bits per heavy atom. The molecule has 1 aliphatic rings. The number of piperazine rings is 1. The van der Waals surface area contributed by atoms with Crippen LogP contribution in [0.15, 0.2) is 42.7 Å². The number of rotatable bonds is 3. The lowest BCUT2D eigenvalue weighted by atomic mass is 10.0. The number of aromatic nitrogens is 1. The molecule has 0 radical (unpaired) electrons. The molecule has 0 amide bonds. The van der Waals surface area contributed by atoms with Crippen LogP contribution >= 0.6 is 0 Å². The molecule has 0 atom stereocenters. The zero-order valence-corrected chi connectivity index (χ0v) is 13.4. The molecule has 0 unspecified atom stereocenters. The number of nitrogens with two attached hydrogens (primary N) is 1. The zero-order chi connectivity index (χ0) is 15.5.